The fraction of sp³-hybridized carbons (Fsp3) is 0.300. The van der Waals surface area contributed by atoms with E-state index in [4.69, 9.17) is 22.3 Å². The molecule has 0 aromatic carbocycles. The molecular weight excluding hydrogens is 345 g/mol. The third-order valence-electron chi connectivity index (χ3n) is 3.00. The van der Waals surface area contributed by atoms with Crippen LogP contribution >= 0.6 is 33.6 Å². The molecule has 1 amide bonds. The summed E-state index contributed by atoms with van der Waals surface area (Å²) in [6.45, 7) is -0.0228. The summed E-state index contributed by atoms with van der Waals surface area (Å²) in [6.07, 6.45) is -0.152. The summed E-state index contributed by atoms with van der Waals surface area (Å²) in [7, 11) is 1.53. The summed E-state index contributed by atoms with van der Waals surface area (Å²) >= 11 is 7.19. The molecule has 0 aliphatic carbocycles. The predicted molar refractivity (Wildman–Crippen MR) is 78.0 cm³/mol. The number of rotatable bonds is 2. The van der Waals surface area contributed by atoms with Gasteiger partial charge in [0.05, 0.1) is 10.2 Å². The third kappa shape index (κ3) is 2.37. The molecule has 0 N–H and O–H groups in total. The molecule has 1 atom stereocenters. The van der Waals surface area contributed by atoms with Crippen LogP contribution < -0.4 is 4.90 Å². The van der Waals surface area contributed by atoms with Gasteiger partial charge in [0, 0.05) is 23.6 Å². The van der Waals surface area contributed by atoms with Gasteiger partial charge >= 0.3 is 0 Å². The van der Waals surface area contributed by atoms with Crippen LogP contribution in [0.25, 0.3) is 10.2 Å². The van der Waals surface area contributed by atoms with Crippen LogP contribution in [0.5, 0.6) is 0 Å². The summed E-state index contributed by atoms with van der Waals surface area (Å²) in [5.74, 6) is -0.00786. The predicted octanol–water partition coefficient (Wildman–Crippen LogP) is 2.02. The number of halogens is 2. The molecule has 0 radical (unpaired) electrons. The Morgan fingerprint density at radius 3 is 2.80 bits per heavy atom. The van der Waals surface area contributed by atoms with Crippen molar-refractivity contribution in [3.05, 3.63) is 16.7 Å². The van der Waals surface area contributed by atoms with Gasteiger partial charge in [0.15, 0.2) is 5.82 Å². The van der Waals surface area contributed by atoms with Crippen LogP contribution in [0.3, 0.4) is 0 Å². The van der Waals surface area contributed by atoms with Gasteiger partial charge in [-0.25, -0.2) is 13.4 Å². The minimum Gasteiger partial charge on any atom is -0.294 e. The maximum atomic E-state index is 12.0. The lowest BCUT2D eigenvalue weighted by molar-refractivity contribution is -0.117. The van der Waals surface area contributed by atoms with Crippen molar-refractivity contribution in [2.24, 2.45) is 0 Å². The Morgan fingerprint density at radius 2 is 2.15 bits per heavy atom. The summed E-state index contributed by atoms with van der Waals surface area (Å²) in [4.78, 5) is 21.4. The fourth-order valence-electron chi connectivity index (χ4n) is 2.07. The molecule has 2 aromatic heterocycles. The Bertz CT molecular complexity index is 805. The highest BCUT2D eigenvalue weighted by molar-refractivity contribution is 8.14. The van der Waals surface area contributed by atoms with Gasteiger partial charge in [-0.2, -0.15) is 4.98 Å². The fourth-order valence-corrected chi connectivity index (χ4v) is 4.10. The molecule has 1 saturated heterocycles. The summed E-state index contributed by atoms with van der Waals surface area (Å²) < 4.78 is 23.4. The number of carbonyl (C=O) groups is 1. The molecule has 1 unspecified atom stereocenters. The zero-order chi connectivity index (χ0) is 14.5. The van der Waals surface area contributed by atoms with Crippen LogP contribution in [0.4, 0.5) is 5.82 Å². The van der Waals surface area contributed by atoms with Crippen molar-refractivity contribution in [1.82, 2.24) is 9.97 Å². The number of nitrogens with zero attached hydrogens (tertiary/aromatic N) is 3. The van der Waals surface area contributed by atoms with E-state index in [2.05, 4.69) is 9.97 Å². The second-order valence-electron chi connectivity index (χ2n) is 4.26. The van der Waals surface area contributed by atoms with Crippen LogP contribution in [0, 0.1) is 0 Å². The Labute approximate surface area is 127 Å². The minimum atomic E-state index is -3.79. The lowest BCUT2D eigenvalue weighted by Crippen LogP contribution is -2.27. The topological polar surface area (TPSA) is 80.2 Å². The first-order valence-electron chi connectivity index (χ1n) is 5.51. The lowest BCUT2D eigenvalue weighted by atomic mass is 10.4. The zero-order valence-corrected chi connectivity index (χ0v) is 12.9. The van der Waals surface area contributed by atoms with E-state index in [0.717, 1.165) is 0 Å². The Morgan fingerprint density at radius 1 is 1.40 bits per heavy atom. The Balaban J connectivity index is 2.08. The van der Waals surface area contributed by atoms with E-state index in [9.17, 15) is 13.2 Å². The maximum absolute atomic E-state index is 12.0. The highest BCUT2D eigenvalue weighted by Crippen LogP contribution is 2.33. The van der Waals surface area contributed by atoms with Crippen molar-refractivity contribution >= 4 is 64.6 Å². The average molecular weight is 352 g/mol. The minimum absolute atomic E-state index is 0.0101. The van der Waals surface area contributed by atoms with Crippen molar-refractivity contribution in [2.45, 2.75) is 11.7 Å². The molecule has 10 heteroatoms. The number of aromatic nitrogens is 2. The van der Waals surface area contributed by atoms with E-state index >= 15 is 0 Å². The first-order valence-corrected chi connectivity index (χ1v) is 9.14. The van der Waals surface area contributed by atoms with Crippen molar-refractivity contribution < 1.29 is 13.2 Å². The summed E-state index contributed by atoms with van der Waals surface area (Å²) in [5, 5.41) is 0.881. The zero-order valence-electron chi connectivity index (χ0n) is 9.79. The molecule has 1 fully saturated rings. The Hall–Kier alpha value is -0.960. The van der Waals surface area contributed by atoms with Crippen molar-refractivity contribution in [3.63, 3.8) is 0 Å². The van der Waals surface area contributed by atoms with Crippen LogP contribution in [-0.4, -0.2) is 36.1 Å². The SMILES string of the molecule is O=C1CC(S(=O)(=O)Cl)CN1c1nc(Cl)nc2ccsc12. The number of carbonyl (C=O) groups excluding carboxylic acids is 1. The van der Waals surface area contributed by atoms with Gasteiger partial charge in [-0.3, -0.25) is 9.69 Å². The van der Waals surface area contributed by atoms with Crippen LogP contribution in [0.15, 0.2) is 11.4 Å². The van der Waals surface area contributed by atoms with Crippen molar-refractivity contribution in [1.29, 1.82) is 0 Å². The number of anilines is 1. The number of hydrogen-bond donors (Lipinski definition) is 0. The first kappa shape index (κ1) is 14.0. The van der Waals surface area contributed by atoms with Crippen LogP contribution in [-0.2, 0) is 13.8 Å². The molecule has 20 heavy (non-hydrogen) atoms. The molecule has 1 aliphatic heterocycles. The maximum Gasteiger partial charge on any atom is 0.237 e. The largest absolute Gasteiger partial charge is 0.294 e. The van der Waals surface area contributed by atoms with E-state index in [0.29, 0.717) is 16.0 Å². The molecule has 0 bridgehead atoms. The van der Waals surface area contributed by atoms with E-state index in [1.807, 2.05) is 0 Å². The molecule has 3 rings (SSSR count). The molecule has 0 spiro atoms. The summed E-state index contributed by atoms with van der Waals surface area (Å²) in [5.41, 5.74) is 0.620. The van der Waals surface area contributed by atoms with E-state index < -0.39 is 14.3 Å². The van der Waals surface area contributed by atoms with Gasteiger partial charge < -0.3 is 0 Å². The average Bonchev–Trinajstić information content (AvgIpc) is 2.93. The highest BCUT2D eigenvalue weighted by atomic mass is 35.7. The molecule has 1 aliphatic rings. The normalized spacial score (nSPS) is 20.0. The number of fused-ring (bicyclic) bond motifs is 1. The number of amides is 1. The number of thiophene rings is 1. The second kappa shape index (κ2) is 4.80. The van der Waals surface area contributed by atoms with Gasteiger partial charge in [-0.1, -0.05) is 0 Å². The van der Waals surface area contributed by atoms with E-state index in [1.165, 1.54) is 16.2 Å². The van der Waals surface area contributed by atoms with E-state index in [1.54, 1.807) is 11.4 Å². The molecular formula is C10H7Cl2N3O3S2. The summed E-state index contributed by atoms with van der Waals surface area (Å²) in [6, 6.07) is 1.76. The monoisotopic (exact) mass is 351 g/mol. The molecule has 2 aromatic rings. The Kier molecular flexibility index (Phi) is 3.36. The molecule has 6 nitrogen and oxygen atoms in total. The highest BCUT2D eigenvalue weighted by Gasteiger charge is 2.39. The number of hydrogen-bond acceptors (Lipinski definition) is 6. The second-order valence-corrected chi connectivity index (χ2v) is 8.42. The first-order chi connectivity index (χ1) is 9.36. The van der Waals surface area contributed by atoms with E-state index in [-0.39, 0.29) is 24.2 Å². The lowest BCUT2D eigenvalue weighted by Gasteiger charge is -2.15. The molecule has 3 heterocycles. The molecule has 106 valence electrons. The van der Waals surface area contributed by atoms with Gasteiger partial charge in [-0.15, -0.1) is 11.3 Å². The smallest absolute Gasteiger partial charge is 0.237 e. The van der Waals surface area contributed by atoms with Gasteiger partial charge in [0.25, 0.3) is 0 Å². The third-order valence-corrected chi connectivity index (χ3v) is 5.94. The molecule has 0 saturated carbocycles. The standard InChI is InChI=1S/C10H7Cl2N3O3S2/c11-10-13-6-1-2-19-8(6)9(14-10)15-4-5(3-7(15)16)20(12,17)18/h1-2,5H,3-4H2. The van der Waals surface area contributed by atoms with Gasteiger partial charge in [0.1, 0.15) is 5.25 Å². The van der Waals surface area contributed by atoms with Crippen molar-refractivity contribution in [3.8, 4) is 0 Å². The van der Waals surface area contributed by atoms with Crippen LogP contribution in [0.2, 0.25) is 5.28 Å². The van der Waals surface area contributed by atoms with Gasteiger partial charge in [-0.05, 0) is 23.0 Å². The van der Waals surface area contributed by atoms with Gasteiger partial charge in [0.2, 0.25) is 20.2 Å². The van der Waals surface area contributed by atoms with Crippen molar-refractivity contribution in [2.75, 3.05) is 11.4 Å². The quantitative estimate of drug-likeness (QED) is 0.610. The van der Waals surface area contributed by atoms with Crippen LogP contribution in [0.1, 0.15) is 6.42 Å².